The quantitative estimate of drug-likeness (QED) is 0.709. The van der Waals surface area contributed by atoms with Crippen molar-refractivity contribution in [3.05, 3.63) is 59.7 Å². The average Bonchev–Trinajstić information content (AvgIpc) is 3.22. The number of furan rings is 1. The predicted octanol–water partition coefficient (Wildman–Crippen LogP) is 2.92. The second kappa shape index (κ2) is 5.58. The standard InChI is InChI=1S/C19H16N2O4S/c1-26(23,24)21-15-7-3-2-6-14(15)17-16(21)8-9-19(12-20,18(17)22)11-13-5-4-10-25-13/h2-7,10H,8-9,11H2,1H3/t19-/m1/s1. The molecule has 2 heterocycles. The minimum Gasteiger partial charge on any atom is -0.469 e. The van der Waals surface area contributed by atoms with Crippen LogP contribution in [0.5, 0.6) is 0 Å². The number of nitriles is 1. The van der Waals surface area contributed by atoms with Gasteiger partial charge in [0.25, 0.3) is 0 Å². The Labute approximate surface area is 150 Å². The van der Waals surface area contributed by atoms with Crippen LogP contribution in [0.3, 0.4) is 0 Å². The Morgan fingerprint density at radius 2 is 2.04 bits per heavy atom. The largest absolute Gasteiger partial charge is 0.469 e. The van der Waals surface area contributed by atoms with Crippen LogP contribution >= 0.6 is 0 Å². The molecule has 1 aromatic carbocycles. The molecule has 0 saturated carbocycles. The van der Waals surface area contributed by atoms with Crippen molar-refractivity contribution < 1.29 is 17.6 Å². The molecule has 0 fully saturated rings. The van der Waals surface area contributed by atoms with E-state index in [1.807, 2.05) is 0 Å². The van der Waals surface area contributed by atoms with Crippen LogP contribution in [0, 0.1) is 16.7 Å². The maximum absolute atomic E-state index is 13.4. The molecule has 0 radical (unpaired) electrons. The fourth-order valence-corrected chi connectivity index (χ4v) is 4.93. The molecule has 0 spiro atoms. The van der Waals surface area contributed by atoms with Gasteiger partial charge in [-0.05, 0) is 31.0 Å². The van der Waals surface area contributed by atoms with Gasteiger partial charge >= 0.3 is 0 Å². The van der Waals surface area contributed by atoms with Gasteiger partial charge in [0.15, 0.2) is 5.78 Å². The number of ketones is 1. The Bertz CT molecular complexity index is 1170. The van der Waals surface area contributed by atoms with E-state index in [2.05, 4.69) is 6.07 Å². The van der Waals surface area contributed by atoms with E-state index < -0.39 is 15.4 Å². The number of rotatable bonds is 3. The molecule has 0 bridgehead atoms. The summed E-state index contributed by atoms with van der Waals surface area (Å²) in [5, 5.41) is 10.4. The molecule has 1 atom stereocenters. The molecule has 132 valence electrons. The van der Waals surface area contributed by atoms with Gasteiger partial charge in [0.2, 0.25) is 10.0 Å². The molecule has 1 aliphatic rings. The average molecular weight is 368 g/mol. The van der Waals surface area contributed by atoms with Crippen molar-refractivity contribution in [1.82, 2.24) is 3.97 Å². The second-order valence-electron chi connectivity index (χ2n) is 6.65. The highest BCUT2D eigenvalue weighted by atomic mass is 32.2. The zero-order chi connectivity index (χ0) is 18.5. The lowest BCUT2D eigenvalue weighted by Gasteiger charge is -2.29. The fourth-order valence-electron chi connectivity index (χ4n) is 3.83. The number of carbonyl (C=O) groups is 1. The van der Waals surface area contributed by atoms with E-state index in [1.165, 1.54) is 10.2 Å². The number of benzene rings is 1. The minimum absolute atomic E-state index is 0.174. The highest BCUT2D eigenvalue weighted by Crippen LogP contribution is 2.42. The Hall–Kier alpha value is -2.85. The van der Waals surface area contributed by atoms with Gasteiger partial charge < -0.3 is 4.42 Å². The smallest absolute Gasteiger partial charge is 0.236 e. The Balaban J connectivity index is 1.96. The number of hydrogen-bond donors (Lipinski definition) is 0. The highest BCUT2D eigenvalue weighted by Gasteiger charge is 2.46. The molecular weight excluding hydrogens is 352 g/mol. The second-order valence-corrected chi connectivity index (χ2v) is 8.48. The van der Waals surface area contributed by atoms with E-state index in [9.17, 15) is 18.5 Å². The molecule has 0 N–H and O–H groups in total. The lowest BCUT2D eigenvalue weighted by Crippen LogP contribution is -2.37. The molecule has 6 nitrogen and oxygen atoms in total. The summed E-state index contributed by atoms with van der Waals surface area (Å²) in [5.74, 6) is 0.228. The van der Waals surface area contributed by atoms with Crippen LogP contribution in [0.2, 0.25) is 0 Å². The van der Waals surface area contributed by atoms with Crippen molar-refractivity contribution in [1.29, 1.82) is 5.26 Å². The molecule has 3 aromatic rings. The first-order chi connectivity index (χ1) is 12.4. The van der Waals surface area contributed by atoms with Crippen LogP contribution in [0.25, 0.3) is 10.9 Å². The zero-order valence-electron chi connectivity index (χ0n) is 14.1. The third-order valence-electron chi connectivity index (χ3n) is 4.98. The molecule has 0 unspecified atom stereocenters. The van der Waals surface area contributed by atoms with Crippen molar-refractivity contribution in [2.45, 2.75) is 19.3 Å². The van der Waals surface area contributed by atoms with E-state index in [-0.39, 0.29) is 18.6 Å². The van der Waals surface area contributed by atoms with Crippen molar-refractivity contribution in [3.63, 3.8) is 0 Å². The molecule has 7 heteroatoms. The highest BCUT2D eigenvalue weighted by molar-refractivity contribution is 7.89. The summed E-state index contributed by atoms with van der Waals surface area (Å²) in [6, 6.07) is 12.6. The zero-order valence-corrected chi connectivity index (χ0v) is 14.9. The van der Waals surface area contributed by atoms with E-state index >= 15 is 0 Å². The van der Waals surface area contributed by atoms with Gasteiger partial charge in [-0.15, -0.1) is 0 Å². The third kappa shape index (κ3) is 2.30. The van der Waals surface area contributed by atoms with Gasteiger partial charge in [-0.1, -0.05) is 18.2 Å². The van der Waals surface area contributed by atoms with Crippen LogP contribution in [-0.2, 0) is 22.9 Å². The van der Waals surface area contributed by atoms with Gasteiger partial charge in [-0.3, -0.25) is 4.79 Å². The summed E-state index contributed by atoms with van der Waals surface area (Å²) in [7, 11) is -3.58. The van der Waals surface area contributed by atoms with Crippen LogP contribution in [-0.4, -0.2) is 24.4 Å². The van der Waals surface area contributed by atoms with E-state index in [1.54, 1.807) is 36.4 Å². The number of nitrogens with zero attached hydrogens (tertiary/aromatic N) is 2. The lowest BCUT2D eigenvalue weighted by molar-refractivity contribution is 0.0828. The SMILES string of the molecule is CS(=O)(=O)n1c2c(c3ccccc31)C(=O)[C@@](C#N)(Cc1ccco1)CC2. The molecule has 1 aliphatic carbocycles. The molecule has 0 amide bonds. The maximum Gasteiger partial charge on any atom is 0.236 e. The number of fused-ring (bicyclic) bond motifs is 3. The fraction of sp³-hybridized carbons (Fsp3) is 0.263. The van der Waals surface area contributed by atoms with Gasteiger partial charge in [0.1, 0.15) is 11.2 Å². The molecule has 4 rings (SSSR count). The first-order valence-corrected chi connectivity index (χ1v) is 10.0. The monoisotopic (exact) mass is 368 g/mol. The number of hydrogen-bond acceptors (Lipinski definition) is 5. The van der Waals surface area contributed by atoms with Crippen LogP contribution in [0.15, 0.2) is 47.1 Å². The number of carbonyl (C=O) groups excluding carboxylic acids is 1. The molecule has 0 aliphatic heterocycles. The van der Waals surface area contributed by atoms with E-state index in [0.717, 1.165) is 6.26 Å². The Morgan fingerprint density at radius 3 is 2.69 bits per heavy atom. The topological polar surface area (TPSA) is 93.1 Å². The predicted molar refractivity (Wildman–Crippen MR) is 95.3 cm³/mol. The van der Waals surface area contributed by atoms with Crippen LogP contribution in [0.4, 0.5) is 0 Å². The van der Waals surface area contributed by atoms with Gasteiger partial charge in [-0.2, -0.15) is 5.26 Å². The molecular formula is C19H16N2O4S. The first kappa shape index (κ1) is 16.6. The molecule has 0 saturated heterocycles. The minimum atomic E-state index is -3.58. The first-order valence-electron chi connectivity index (χ1n) is 8.19. The Morgan fingerprint density at radius 1 is 1.27 bits per heavy atom. The summed E-state index contributed by atoms with van der Waals surface area (Å²) in [6.07, 6.45) is 3.39. The lowest BCUT2D eigenvalue weighted by atomic mass is 9.70. The maximum atomic E-state index is 13.4. The van der Waals surface area contributed by atoms with Crippen molar-refractivity contribution in [3.8, 4) is 6.07 Å². The van der Waals surface area contributed by atoms with Crippen LogP contribution < -0.4 is 0 Å². The van der Waals surface area contributed by atoms with Crippen molar-refractivity contribution >= 4 is 26.7 Å². The number of para-hydroxylation sites is 1. The van der Waals surface area contributed by atoms with E-state index in [4.69, 9.17) is 4.42 Å². The van der Waals surface area contributed by atoms with Crippen molar-refractivity contribution in [2.75, 3.05) is 6.26 Å². The van der Waals surface area contributed by atoms with Gasteiger partial charge in [-0.25, -0.2) is 12.4 Å². The Kier molecular flexibility index (Phi) is 3.56. The number of aromatic nitrogens is 1. The number of Topliss-reactive ketones (excluding diaryl/α,β-unsaturated/α-hetero) is 1. The summed E-state index contributed by atoms with van der Waals surface area (Å²) in [5.41, 5.74) is 0.0200. The summed E-state index contributed by atoms with van der Waals surface area (Å²) in [6.45, 7) is 0. The summed E-state index contributed by atoms with van der Waals surface area (Å²) in [4.78, 5) is 13.4. The van der Waals surface area contributed by atoms with Gasteiger partial charge in [0, 0.05) is 23.1 Å². The normalized spacial score (nSPS) is 20.1. The summed E-state index contributed by atoms with van der Waals surface area (Å²) < 4.78 is 31.3. The molecule has 2 aromatic heterocycles. The van der Waals surface area contributed by atoms with Crippen molar-refractivity contribution in [2.24, 2.45) is 5.41 Å². The molecule has 26 heavy (non-hydrogen) atoms. The third-order valence-corrected chi connectivity index (χ3v) is 6.06. The van der Waals surface area contributed by atoms with Crippen LogP contribution in [0.1, 0.15) is 28.2 Å². The van der Waals surface area contributed by atoms with Gasteiger partial charge in [0.05, 0.1) is 24.1 Å². The summed E-state index contributed by atoms with van der Waals surface area (Å²) >= 11 is 0. The van der Waals surface area contributed by atoms with E-state index in [0.29, 0.717) is 34.3 Å².